The number of aromatic nitrogens is 4. The summed E-state index contributed by atoms with van der Waals surface area (Å²) < 4.78 is 18.6. The van der Waals surface area contributed by atoms with Crippen LogP contribution < -0.4 is 5.73 Å². The summed E-state index contributed by atoms with van der Waals surface area (Å²) in [6.45, 7) is 6.43. The number of nitrogen functional groups attached to an aromatic ring is 1. The van der Waals surface area contributed by atoms with Gasteiger partial charge in [-0.05, 0) is 13.8 Å². The first-order valence-corrected chi connectivity index (χ1v) is 9.00. The molecule has 0 fully saturated rings. The van der Waals surface area contributed by atoms with Crippen molar-refractivity contribution in [1.29, 1.82) is 0 Å². The molecule has 0 aliphatic heterocycles. The van der Waals surface area contributed by atoms with Gasteiger partial charge in [-0.25, -0.2) is 15.0 Å². The maximum Gasteiger partial charge on any atom is 0.182 e. The Kier molecular flexibility index (Phi) is 7.36. The lowest BCUT2D eigenvalue weighted by Gasteiger charge is -2.17. The third kappa shape index (κ3) is 4.80. The fourth-order valence-electron chi connectivity index (χ4n) is 1.78. The van der Waals surface area contributed by atoms with Crippen LogP contribution in [0.15, 0.2) is 12.7 Å². The lowest BCUT2D eigenvalue weighted by atomic mass is 10.5. The number of imidazole rings is 1. The van der Waals surface area contributed by atoms with E-state index in [0.29, 0.717) is 37.8 Å². The predicted octanol–water partition coefficient (Wildman–Crippen LogP) is 1.97. The molecule has 0 aliphatic rings. The molecular weight excluding hydrogens is 324 g/mol. The molecular formula is C12H21N5O3P2. The molecule has 2 aromatic heterocycles. The highest BCUT2D eigenvalue weighted by atomic mass is 31.1. The molecule has 0 aliphatic carbocycles. The summed E-state index contributed by atoms with van der Waals surface area (Å²) in [5, 5.41) is 0. The van der Waals surface area contributed by atoms with Gasteiger partial charge in [-0.15, -0.1) is 0 Å². The van der Waals surface area contributed by atoms with Gasteiger partial charge in [0.05, 0.1) is 30.5 Å². The molecule has 8 nitrogen and oxygen atoms in total. The zero-order valence-electron chi connectivity index (χ0n) is 12.7. The first-order chi connectivity index (χ1) is 10.8. The van der Waals surface area contributed by atoms with Crippen molar-refractivity contribution in [2.24, 2.45) is 0 Å². The van der Waals surface area contributed by atoms with Gasteiger partial charge in [-0.3, -0.25) is 0 Å². The van der Waals surface area contributed by atoms with E-state index >= 15 is 0 Å². The average molecular weight is 345 g/mol. The summed E-state index contributed by atoms with van der Waals surface area (Å²) in [7, 11) is 0.556. The molecule has 10 heteroatoms. The summed E-state index contributed by atoms with van der Waals surface area (Å²) >= 11 is 0. The van der Waals surface area contributed by atoms with Crippen LogP contribution in [0.5, 0.6) is 0 Å². The van der Waals surface area contributed by atoms with Crippen molar-refractivity contribution in [3.8, 4) is 0 Å². The number of fused-ring (bicyclic) bond motifs is 1. The zero-order chi connectivity index (χ0) is 15.8. The van der Waals surface area contributed by atoms with Crippen molar-refractivity contribution in [3.05, 3.63) is 12.7 Å². The molecule has 2 aromatic rings. The van der Waals surface area contributed by atoms with E-state index in [-0.39, 0.29) is 23.2 Å². The van der Waals surface area contributed by atoms with E-state index in [1.807, 2.05) is 18.4 Å². The quantitative estimate of drug-likeness (QED) is 0.658. The molecule has 0 aromatic carbocycles. The molecule has 22 heavy (non-hydrogen) atoms. The number of rotatable bonds is 10. The van der Waals surface area contributed by atoms with Crippen LogP contribution in [0.3, 0.4) is 0 Å². The maximum absolute atomic E-state index is 5.87. The molecule has 0 bridgehead atoms. The van der Waals surface area contributed by atoms with Gasteiger partial charge in [0.25, 0.3) is 0 Å². The Hall–Kier alpha value is -0.910. The van der Waals surface area contributed by atoms with Crippen molar-refractivity contribution in [2.45, 2.75) is 26.0 Å². The number of nitrogens with zero attached hydrogens (tertiary/aromatic N) is 4. The molecule has 122 valence electrons. The highest BCUT2D eigenvalue weighted by Crippen LogP contribution is 2.36. The van der Waals surface area contributed by atoms with Crippen LogP contribution in [-0.2, 0) is 20.3 Å². The monoisotopic (exact) mass is 345 g/mol. The number of hydrogen-bond donors (Lipinski definition) is 1. The molecule has 0 radical (unpaired) electrons. The Balaban J connectivity index is 1.90. The Morgan fingerprint density at radius 1 is 1.18 bits per heavy atom. The molecule has 2 rings (SSSR count). The van der Waals surface area contributed by atoms with E-state index in [1.165, 1.54) is 6.33 Å². The zero-order valence-corrected chi connectivity index (χ0v) is 14.7. The molecule has 0 saturated carbocycles. The van der Waals surface area contributed by atoms with Gasteiger partial charge in [-0.2, -0.15) is 0 Å². The standard InChI is InChI=1S/C12H21N5O3P2/c1-3-19-21-12(22-20-4-2)18-6-5-17-8-16-11-9(17)10(13)14-7-15-11/h7-8,12,21-22H,3-6H2,1-2H3,(H2,13,14,15). The average Bonchev–Trinajstić information content (AvgIpc) is 2.94. The van der Waals surface area contributed by atoms with Gasteiger partial charge < -0.3 is 24.1 Å². The van der Waals surface area contributed by atoms with Crippen LogP contribution in [-0.4, -0.2) is 44.9 Å². The minimum absolute atomic E-state index is 0.0247. The summed E-state index contributed by atoms with van der Waals surface area (Å²) in [5.41, 5.74) is 7.18. The van der Waals surface area contributed by atoms with Gasteiger partial charge in [0, 0.05) is 19.8 Å². The van der Waals surface area contributed by atoms with E-state index in [1.54, 1.807) is 6.33 Å². The minimum Gasteiger partial charge on any atom is -0.382 e. The smallest absolute Gasteiger partial charge is 0.182 e. The van der Waals surface area contributed by atoms with E-state index in [9.17, 15) is 0 Å². The second-order valence-corrected chi connectivity index (χ2v) is 6.90. The second-order valence-electron chi connectivity index (χ2n) is 4.22. The van der Waals surface area contributed by atoms with Crippen LogP contribution in [0.25, 0.3) is 11.2 Å². The second kappa shape index (κ2) is 9.28. The van der Waals surface area contributed by atoms with Crippen LogP contribution in [0, 0.1) is 0 Å². The maximum atomic E-state index is 5.87. The molecule has 2 N–H and O–H groups in total. The van der Waals surface area contributed by atoms with Gasteiger partial charge >= 0.3 is 0 Å². The topological polar surface area (TPSA) is 97.3 Å². The SMILES string of the molecule is CCOPC(OCCn1cnc2ncnc(N)c21)POCC. The van der Waals surface area contributed by atoms with Crippen LogP contribution >= 0.6 is 17.6 Å². The summed E-state index contributed by atoms with van der Waals surface area (Å²) in [4.78, 5) is 12.3. The third-order valence-electron chi connectivity index (χ3n) is 2.72. The Labute approximate surface area is 132 Å². The Morgan fingerprint density at radius 2 is 1.91 bits per heavy atom. The van der Waals surface area contributed by atoms with Crippen molar-refractivity contribution >= 4 is 34.6 Å². The predicted molar refractivity (Wildman–Crippen MR) is 89.4 cm³/mol. The van der Waals surface area contributed by atoms with Crippen molar-refractivity contribution in [2.75, 3.05) is 25.6 Å². The fraction of sp³-hybridized carbons (Fsp3) is 0.583. The first kappa shape index (κ1) is 17.4. The Morgan fingerprint density at radius 3 is 2.59 bits per heavy atom. The number of ether oxygens (including phenoxy) is 1. The van der Waals surface area contributed by atoms with Crippen molar-refractivity contribution < 1.29 is 13.8 Å². The highest BCUT2D eigenvalue weighted by molar-refractivity contribution is 7.52. The molecule has 2 unspecified atom stereocenters. The van der Waals surface area contributed by atoms with E-state index < -0.39 is 0 Å². The lowest BCUT2D eigenvalue weighted by molar-refractivity contribution is 0.137. The number of anilines is 1. The number of nitrogens with two attached hydrogens (primary N) is 1. The molecule has 0 spiro atoms. The lowest BCUT2D eigenvalue weighted by Crippen LogP contribution is -2.10. The van der Waals surface area contributed by atoms with E-state index in [2.05, 4.69) is 15.0 Å². The molecule has 2 atom stereocenters. The first-order valence-electron chi connectivity index (χ1n) is 7.03. The summed E-state index contributed by atoms with van der Waals surface area (Å²) in [5.74, 6) is 0.423. The largest absolute Gasteiger partial charge is 0.382 e. The van der Waals surface area contributed by atoms with Crippen molar-refractivity contribution in [3.63, 3.8) is 0 Å². The molecule has 0 saturated heterocycles. The van der Waals surface area contributed by atoms with Gasteiger partial charge in [-0.1, -0.05) is 0 Å². The fourth-order valence-corrected chi connectivity index (χ4v) is 3.48. The van der Waals surface area contributed by atoms with Crippen LogP contribution in [0.1, 0.15) is 13.8 Å². The van der Waals surface area contributed by atoms with Gasteiger partial charge in [0.15, 0.2) is 11.5 Å². The van der Waals surface area contributed by atoms with Crippen LogP contribution in [0.4, 0.5) is 5.82 Å². The van der Waals surface area contributed by atoms with E-state index in [0.717, 1.165) is 5.52 Å². The summed E-state index contributed by atoms with van der Waals surface area (Å²) in [6.07, 6.45) is 3.11. The third-order valence-corrected chi connectivity index (χ3v) is 5.10. The van der Waals surface area contributed by atoms with E-state index in [4.69, 9.17) is 19.5 Å². The normalized spacial score (nSPS) is 13.9. The number of hydrogen-bond acceptors (Lipinski definition) is 7. The van der Waals surface area contributed by atoms with Gasteiger partial charge in [0.2, 0.25) is 0 Å². The molecule has 0 amide bonds. The van der Waals surface area contributed by atoms with Gasteiger partial charge in [0.1, 0.15) is 17.4 Å². The molecule has 2 heterocycles. The minimum atomic E-state index is -0.0247. The summed E-state index contributed by atoms with van der Waals surface area (Å²) in [6, 6.07) is 0. The Bertz CT molecular complexity index is 575. The van der Waals surface area contributed by atoms with Crippen LogP contribution in [0.2, 0.25) is 0 Å². The van der Waals surface area contributed by atoms with Crippen molar-refractivity contribution in [1.82, 2.24) is 19.5 Å². The highest BCUT2D eigenvalue weighted by Gasteiger charge is 2.12.